The van der Waals surface area contributed by atoms with Crippen molar-refractivity contribution >= 4 is 24.0 Å². The number of rotatable bonds is 4. The van der Waals surface area contributed by atoms with Crippen LogP contribution in [0.2, 0.25) is 0 Å². The number of nitrogens with zero attached hydrogens (tertiary/aromatic N) is 4. The maximum absolute atomic E-state index is 12.1. The SMILES string of the molecule is CCn1nnnc1-c1cccc(NC(=O)C2CCNC2)c1.Cl. The summed E-state index contributed by atoms with van der Waals surface area (Å²) < 4.78 is 1.72. The number of amides is 1. The molecule has 22 heavy (non-hydrogen) atoms. The number of hydrogen-bond acceptors (Lipinski definition) is 5. The molecule has 1 unspecified atom stereocenters. The van der Waals surface area contributed by atoms with Gasteiger partial charge in [-0.05, 0) is 42.4 Å². The predicted molar refractivity (Wildman–Crippen MR) is 85.8 cm³/mol. The monoisotopic (exact) mass is 322 g/mol. The lowest BCUT2D eigenvalue weighted by molar-refractivity contribution is -0.119. The molecule has 0 saturated carbocycles. The number of carbonyl (C=O) groups excluding carboxylic acids is 1. The summed E-state index contributed by atoms with van der Waals surface area (Å²) in [6.45, 7) is 4.34. The zero-order chi connectivity index (χ0) is 14.7. The van der Waals surface area contributed by atoms with E-state index in [0.717, 1.165) is 30.8 Å². The fourth-order valence-electron chi connectivity index (χ4n) is 2.48. The number of hydrogen-bond donors (Lipinski definition) is 2. The lowest BCUT2D eigenvalue weighted by Gasteiger charge is -2.10. The lowest BCUT2D eigenvalue weighted by Crippen LogP contribution is -2.24. The summed E-state index contributed by atoms with van der Waals surface area (Å²) in [7, 11) is 0. The van der Waals surface area contributed by atoms with E-state index in [1.807, 2.05) is 31.2 Å². The number of tetrazole rings is 1. The second-order valence-corrected chi connectivity index (χ2v) is 5.08. The van der Waals surface area contributed by atoms with E-state index in [9.17, 15) is 4.79 Å². The molecule has 2 heterocycles. The van der Waals surface area contributed by atoms with Gasteiger partial charge in [-0.1, -0.05) is 12.1 Å². The van der Waals surface area contributed by atoms with Crippen molar-refractivity contribution in [2.45, 2.75) is 19.9 Å². The number of nitrogens with one attached hydrogen (secondary N) is 2. The molecule has 1 fully saturated rings. The molecule has 1 aliphatic heterocycles. The van der Waals surface area contributed by atoms with Gasteiger partial charge >= 0.3 is 0 Å². The molecular weight excluding hydrogens is 304 g/mol. The van der Waals surface area contributed by atoms with E-state index in [0.29, 0.717) is 12.4 Å². The van der Waals surface area contributed by atoms with Crippen LogP contribution in [0.5, 0.6) is 0 Å². The predicted octanol–water partition coefficient (Wildman–Crippen LogP) is 1.33. The Morgan fingerprint density at radius 3 is 3.09 bits per heavy atom. The minimum atomic E-state index is 0. The van der Waals surface area contributed by atoms with Crippen LogP contribution in [0.25, 0.3) is 11.4 Å². The number of anilines is 1. The third-order valence-electron chi connectivity index (χ3n) is 3.65. The first kappa shape index (κ1) is 16.4. The van der Waals surface area contributed by atoms with Crippen LogP contribution in [0.4, 0.5) is 5.69 Å². The largest absolute Gasteiger partial charge is 0.326 e. The molecule has 7 nitrogen and oxygen atoms in total. The van der Waals surface area contributed by atoms with E-state index < -0.39 is 0 Å². The smallest absolute Gasteiger partial charge is 0.228 e. The number of aromatic nitrogens is 4. The van der Waals surface area contributed by atoms with Crippen LogP contribution in [-0.4, -0.2) is 39.2 Å². The standard InChI is InChI=1S/C14H18N6O.ClH/c1-2-20-13(17-18-19-20)10-4-3-5-12(8-10)16-14(21)11-6-7-15-9-11;/h3-5,8,11,15H,2,6-7,9H2,1H3,(H,16,21);1H. The van der Waals surface area contributed by atoms with Crippen LogP contribution in [0.3, 0.4) is 0 Å². The van der Waals surface area contributed by atoms with Crippen LogP contribution >= 0.6 is 12.4 Å². The molecule has 0 spiro atoms. The summed E-state index contributed by atoms with van der Waals surface area (Å²) in [4.78, 5) is 12.1. The third kappa shape index (κ3) is 3.42. The summed E-state index contributed by atoms with van der Waals surface area (Å²) >= 11 is 0. The number of benzene rings is 1. The van der Waals surface area contributed by atoms with E-state index in [1.54, 1.807) is 4.68 Å². The average molecular weight is 323 g/mol. The molecule has 1 aliphatic rings. The zero-order valence-electron chi connectivity index (χ0n) is 12.3. The van der Waals surface area contributed by atoms with Crippen molar-refractivity contribution < 1.29 is 4.79 Å². The molecular formula is C14H19ClN6O. The van der Waals surface area contributed by atoms with Crippen molar-refractivity contribution in [3.63, 3.8) is 0 Å². The molecule has 118 valence electrons. The first-order chi connectivity index (χ1) is 10.3. The summed E-state index contributed by atoms with van der Waals surface area (Å²) in [5.74, 6) is 0.818. The fraction of sp³-hybridized carbons (Fsp3) is 0.429. The van der Waals surface area contributed by atoms with Crippen molar-refractivity contribution in [3.05, 3.63) is 24.3 Å². The van der Waals surface area contributed by atoms with Crippen molar-refractivity contribution in [2.75, 3.05) is 18.4 Å². The molecule has 1 aromatic heterocycles. The molecule has 2 aromatic rings. The van der Waals surface area contributed by atoms with Crippen LogP contribution in [-0.2, 0) is 11.3 Å². The summed E-state index contributed by atoms with van der Waals surface area (Å²) in [6, 6.07) is 7.61. The van der Waals surface area contributed by atoms with E-state index in [-0.39, 0.29) is 24.2 Å². The van der Waals surface area contributed by atoms with Crippen LogP contribution in [0, 0.1) is 5.92 Å². The van der Waals surface area contributed by atoms with Crippen molar-refractivity contribution in [2.24, 2.45) is 5.92 Å². The average Bonchev–Trinajstić information content (AvgIpc) is 3.18. The van der Waals surface area contributed by atoms with Crippen LogP contribution in [0.15, 0.2) is 24.3 Å². The van der Waals surface area contributed by atoms with Gasteiger partial charge in [0.1, 0.15) is 0 Å². The quantitative estimate of drug-likeness (QED) is 0.887. The third-order valence-corrected chi connectivity index (χ3v) is 3.65. The molecule has 0 aliphatic carbocycles. The van der Waals surface area contributed by atoms with E-state index in [1.165, 1.54) is 0 Å². The summed E-state index contributed by atoms with van der Waals surface area (Å²) in [5.41, 5.74) is 1.67. The van der Waals surface area contributed by atoms with E-state index >= 15 is 0 Å². The number of halogens is 1. The van der Waals surface area contributed by atoms with Gasteiger partial charge in [-0.3, -0.25) is 4.79 Å². The van der Waals surface area contributed by atoms with Gasteiger partial charge in [0.15, 0.2) is 5.82 Å². The summed E-state index contributed by atoms with van der Waals surface area (Å²) in [5, 5.41) is 17.8. The van der Waals surface area contributed by atoms with Crippen molar-refractivity contribution in [1.29, 1.82) is 0 Å². The molecule has 1 saturated heterocycles. The molecule has 1 aromatic carbocycles. The Kier molecular flexibility index (Phi) is 5.46. The second kappa shape index (κ2) is 7.33. The Bertz CT molecular complexity index is 638. The Balaban J connectivity index is 0.00000176. The Labute approximate surface area is 134 Å². The number of aryl methyl sites for hydroxylation is 1. The van der Waals surface area contributed by atoms with Gasteiger partial charge in [0.05, 0.1) is 5.92 Å². The molecule has 2 N–H and O–H groups in total. The molecule has 0 radical (unpaired) electrons. The van der Waals surface area contributed by atoms with E-state index in [4.69, 9.17) is 0 Å². The molecule has 0 bridgehead atoms. The molecule has 1 amide bonds. The molecule has 1 atom stereocenters. The van der Waals surface area contributed by atoms with Gasteiger partial charge in [0.2, 0.25) is 5.91 Å². The topological polar surface area (TPSA) is 84.7 Å². The Morgan fingerprint density at radius 2 is 2.36 bits per heavy atom. The van der Waals surface area contributed by atoms with Gasteiger partial charge in [-0.2, -0.15) is 0 Å². The van der Waals surface area contributed by atoms with Gasteiger partial charge < -0.3 is 10.6 Å². The maximum atomic E-state index is 12.1. The minimum absolute atomic E-state index is 0. The Hall–Kier alpha value is -1.99. The first-order valence-electron chi connectivity index (χ1n) is 7.16. The second-order valence-electron chi connectivity index (χ2n) is 5.08. The molecule has 8 heteroatoms. The van der Waals surface area contributed by atoms with Gasteiger partial charge in [0.25, 0.3) is 0 Å². The van der Waals surface area contributed by atoms with Crippen molar-refractivity contribution in [3.8, 4) is 11.4 Å². The van der Waals surface area contributed by atoms with Crippen molar-refractivity contribution in [1.82, 2.24) is 25.5 Å². The normalized spacial score (nSPS) is 17.0. The number of carbonyl (C=O) groups is 1. The highest BCUT2D eigenvalue weighted by Gasteiger charge is 2.22. The molecule has 3 rings (SSSR count). The van der Waals surface area contributed by atoms with Gasteiger partial charge in [-0.15, -0.1) is 17.5 Å². The summed E-state index contributed by atoms with van der Waals surface area (Å²) in [6.07, 6.45) is 0.888. The zero-order valence-corrected chi connectivity index (χ0v) is 13.1. The minimum Gasteiger partial charge on any atom is -0.326 e. The highest BCUT2D eigenvalue weighted by atomic mass is 35.5. The van der Waals surface area contributed by atoms with Gasteiger partial charge in [-0.25, -0.2) is 4.68 Å². The maximum Gasteiger partial charge on any atom is 0.228 e. The first-order valence-corrected chi connectivity index (χ1v) is 7.16. The van der Waals surface area contributed by atoms with Gasteiger partial charge in [0, 0.05) is 24.3 Å². The van der Waals surface area contributed by atoms with Crippen LogP contribution < -0.4 is 10.6 Å². The highest BCUT2D eigenvalue weighted by molar-refractivity contribution is 5.93. The fourth-order valence-corrected chi connectivity index (χ4v) is 2.48. The van der Waals surface area contributed by atoms with E-state index in [2.05, 4.69) is 26.2 Å². The van der Waals surface area contributed by atoms with Crippen LogP contribution in [0.1, 0.15) is 13.3 Å². The Morgan fingerprint density at radius 1 is 1.50 bits per heavy atom. The highest BCUT2D eigenvalue weighted by Crippen LogP contribution is 2.21. The lowest BCUT2D eigenvalue weighted by atomic mass is 10.1.